The van der Waals surface area contributed by atoms with Crippen molar-refractivity contribution in [2.75, 3.05) is 4.90 Å². The number of fused-ring (bicyclic) bond motifs is 1. The van der Waals surface area contributed by atoms with E-state index in [4.69, 9.17) is 4.74 Å². The van der Waals surface area contributed by atoms with E-state index in [2.05, 4.69) is 15.1 Å². The summed E-state index contributed by atoms with van der Waals surface area (Å²) in [6.07, 6.45) is 2.31. The molecule has 0 aliphatic heterocycles. The van der Waals surface area contributed by atoms with Crippen LogP contribution in [0.15, 0.2) is 42.7 Å². The highest BCUT2D eigenvalue weighted by Gasteiger charge is 2.28. The highest BCUT2D eigenvalue weighted by Crippen LogP contribution is 2.28. The van der Waals surface area contributed by atoms with E-state index in [1.54, 1.807) is 23.7 Å². The van der Waals surface area contributed by atoms with Gasteiger partial charge >= 0.3 is 6.09 Å². The fourth-order valence-corrected chi connectivity index (χ4v) is 3.83. The lowest BCUT2D eigenvalue weighted by atomic mass is 10.1. The van der Waals surface area contributed by atoms with Gasteiger partial charge in [0.2, 0.25) is 0 Å². The summed E-state index contributed by atoms with van der Waals surface area (Å²) in [5, 5.41) is 15.0. The summed E-state index contributed by atoms with van der Waals surface area (Å²) < 4.78 is 9.37. The van der Waals surface area contributed by atoms with Gasteiger partial charge in [0.1, 0.15) is 17.2 Å². The molecule has 0 saturated heterocycles. The third kappa shape index (κ3) is 6.17. The molecular formula is C28H38N6O3. The SMILES string of the molecule is CC.Cc1nn2c(N(Cc3cccc(-c4nccn4C)c3)C(=O)OC(C)(C)C)cc(C(C)O)nc2c1C. The second-order valence-corrected chi connectivity index (χ2v) is 9.79. The molecule has 0 aliphatic rings. The first-order valence-corrected chi connectivity index (χ1v) is 12.6. The van der Waals surface area contributed by atoms with Crippen LogP contribution in [-0.2, 0) is 18.3 Å². The molecule has 9 heteroatoms. The second kappa shape index (κ2) is 11.1. The summed E-state index contributed by atoms with van der Waals surface area (Å²) in [5.41, 5.74) is 3.85. The highest BCUT2D eigenvalue weighted by molar-refractivity contribution is 5.87. The summed E-state index contributed by atoms with van der Waals surface area (Å²) in [6.45, 7) is 15.2. The van der Waals surface area contributed by atoms with E-state index in [9.17, 15) is 9.90 Å². The standard InChI is InChI=1S/C26H32N6O3.C2H6/c1-16-17(2)29-32-22(14-21(18(3)33)28-23(16)32)31(25(34)35-26(4,5)6)15-19-9-8-10-20(13-19)24-27-11-12-30(24)7;1-2/h8-14,18,33H,15H2,1-7H3;1-2H3. The third-order valence-electron chi connectivity index (χ3n) is 5.72. The Labute approximate surface area is 218 Å². The number of aromatic nitrogens is 5. The maximum Gasteiger partial charge on any atom is 0.416 e. The van der Waals surface area contributed by atoms with Crippen LogP contribution in [0.25, 0.3) is 17.0 Å². The molecule has 0 bridgehead atoms. The van der Waals surface area contributed by atoms with Crippen LogP contribution in [-0.4, -0.2) is 40.9 Å². The average Bonchev–Trinajstić information content (AvgIpc) is 3.40. The van der Waals surface area contributed by atoms with Crippen molar-refractivity contribution in [1.82, 2.24) is 24.1 Å². The fraction of sp³-hybridized carbons (Fsp3) is 0.429. The van der Waals surface area contributed by atoms with Crippen molar-refractivity contribution in [2.45, 2.75) is 73.6 Å². The number of carbonyl (C=O) groups is 1. The Morgan fingerprint density at radius 2 is 1.89 bits per heavy atom. The van der Waals surface area contributed by atoms with Crippen LogP contribution in [0.3, 0.4) is 0 Å². The van der Waals surface area contributed by atoms with E-state index in [0.717, 1.165) is 28.2 Å². The number of aliphatic hydroxyl groups excluding tert-OH is 1. The molecule has 1 unspecified atom stereocenters. The monoisotopic (exact) mass is 506 g/mol. The summed E-state index contributed by atoms with van der Waals surface area (Å²) in [7, 11) is 1.94. The van der Waals surface area contributed by atoms with E-state index in [0.29, 0.717) is 17.2 Å². The number of aliphatic hydroxyl groups is 1. The highest BCUT2D eigenvalue weighted by atomic mass is 16.6. The predicted octanol–water partition coefficient (Wildman–Crippen LogP) is 5.77. The van der Waals surface area contributed by atoms with Gasteiger partial charge in [0.05, 0.1) is 24.0 Å². The zero-order valence-electron chi connectivity index (χ0n) is 23.3. The molecule has 4 aromatic rings. The van der Waals surface area contributed by atoms with Gasteiger partial charge in [-0.15, -0.1) is 0 Å². The lowest BCUT2D eigenvalue weighted by Gasteiger charge is -2.28. The Hall–Kier alpha value is -3.72. The molecule has 198 valence electrons. The number of anilines is 1. The molecule has 0 radical (unpaired) electrons. The quantitative estimate of drug-likeness (QED) is 0.369. The number of rotatable bonds is 5. The van der Waals surface area contributed by atoms with Crippen LogP contribution >= 0.6 is 0 Å². The number of aryl methyl sites for hydroxylation is 3. The Bertz CT molecular complexity index is 1380. The zero-order chi connectivity index (χ0) is 27.5. The molecule has 1 amide bonds. The Morgan fingerprint density at radius 1 is 1.19 bits per heavy atom. The lowest BCUT2D eigenvalue weighted by Crippen LogP contribution is -2.37. The lowest BCUT2D eigenvalue weighted by molar-refractivity contribution is 0.0575. The summed E-state index contributed by atoms with van der Waals surface area (Å²) >= 11 is 0. The topological polar surface area (TPSA) is 97.8 Å². The number of nitrogens with zero attached hydrogens (tertiary/aromatic N) is 6. The van der Waals surface area contributed by atoms with Crippen LogP contribution in [0, 0.1) is 13.8 Å². The predicted molar refractivity (Wildman–Crippen MR) is 146 cm³/mol. The van der Waals surface area contributed by atoms with Gasteiger partial charge in [0, 0.05) is 36.6 Å². The molecule has 4 rings (SSSR count). The van der Waals surface area contributed by atoms with Gasteiger partial charge in [0.15, 0.2) is 5.65 Å². The van der Waals surface area contributed by atoms with Crippen molar-refractivity contribution in [3.8, 4) is 11.4 Å². The fourth-order valence-electron chi connectivity index (χ4n) is 3.83. The minimum absolute atomic E-state index is 0.226. The number of hydrogen-bond acceptors (Lipinski definition) is 6. The number of amides is 1. The normalized spacial score (nSPS) is 12.2. The Balaban J connectivity index is 0.00000186. The van der Waals surface area contributed by atoms with Crippen LogP contribution in [0.2, 0.25) is 0 Å². The minimum Gasteiger partial charge on any atom is -0.443 e. The van der Waals surface area contributed by atoms with Crippen molar-refractivity contribution in [3.63, 3.8) is 0 Å². The van der Waals surface area contributed by atoms with E-state index < -0.39 is 17.8 Å². The molecule has 37 heavy (non-hydrogen) atoms. The van der Waals surface area contributed by atoms with Crippen LogP contribution in [0.1, 0.15) is 70.2 Å². The summed E-state index contributed by atoms with van der Waals surface area (Å²) in [4.78, 5) is 24.1. The molecule has 0 aliphatic carbocycles. The molecule has 3 heterocycles. The first kappa shape index (κ1) is 27.9. The summed E-state index contributed by atoms with van der Waals surface area (Å²) in [5.74, 6) is 1.30. The maximum atomic E-state index is 13.5. The molecule has 0 fully saturated rings. The molecule has 1 atom stereocenters. The molecule has 0 spiro atoms. The Morgan fingerprint density at radius 3 is 2.49 bits per heavy atom. The maximum absolute atomic E-state index is 13.5. The number of benzene rings is 1. The molecule has 1 N–H and O–H groups in total. The van der Waals surface area contributed by atoms with E-state index >= 15 is 0 Å². The van der Waals surface area contributed by atoms with E-state index in [1.807, 2.05) is 90.5 Å². The second-order valence-electron chi connectivity index (χ2n) is 9.79. The van der Waals surface area contributed by atoms with Gasteiger partial charge < -0.3 is 14.4 Å². The number of hydrogen-bond donors (Lipinski definition) is 1. The van der Waals surface area contributed by atoms with Crippen molar-refractivity contribution in [3.05, 3.63) is 65.2 Å². The van der Waals surface area contributed by atoms with Crippen molar-refractivity contribution < 1.29 is 14.6 Å². The smallest absolute Gasteiger partial charge is 0.416 e. The molecule has 0 saturated carbocycles. The van der Waals surface area contributed by atoms with Crippen LogP contribution in [0.4, 0.5) is 10.6 Å². The van der Waals surface area contributed by atoms with Crippen LogP contribution < -0.4 is 4.90 Å². The largest absolute Gasteiger partial charge is 0.443 e. The van der Waals surface area contributed by atoms with Crippen molar-refractivity contribution >= 4 is 17.6 Å². The van der Waals surface area contributed by atoms with Crippen molar-refractivity contribution in [2.24, 2.45) is 7.05 Å². The molecular weight excluding hydrogens is 468 g/mol. The van der Waals surface area contributed by atoms with Gasteiger partial charge in [-0.2, -0.15) is 9.61 Å². The van der Waals surface area contributed by atoms with Gasteiger partial charge in [-0.05, 0) is 53.2 Å². The van der Waals surface area contributed by atoms with Gasteiger partial charge in [-0.3, -0.25) is 4.90 Å². The van der Waals surface area contributed by atoms with Crippen LogP contribution in [0.5, 0.6) is 0 Å². The van der Waals surface area contributed by atoms with E-state index in [1.165, 1.54) is 4.90 Å². The van der Waals surface area contributed by atoms with Crippen molar-refractivity contribution in [1.29, 1.82) is 0 Å². The minimum atomic E-state index is -0.819. The van der Waals surface area contributed by atoms with Gasteiger partial charge in [0.25, 0.3) is 0 Å². The average molecular weight is 507 g/mol. The molecule has 1 aromatic carbocycles. The number of ether oxygens (including phenoxy) is 1. The van der Waals surface area contributed by atoms with Gasteiger partial charge in [-0.1, -0.05) is 32.0 Å². The zero-order valence-corrected chi connectivity index (χ0v) is 23.3. The van der Waals surface area contributed by atoms with E-state index in [-0.39, 0.29) is 6.54 Å². The summed E-state index contributed by atoms with van der Waals surface area (Å²) in [6, 6.07) is 9.58. The Kier molecular flexibility index (Phi) is 8.38. The first-order chi connectivity index (χ1) is 17.4. The number of carbonyl (C=O) groups excluding carboxylic acids is 1. The number of imidazole rings is 1. The first-order valence-electron chi connectivity index (χ1n) is 12.6. The van der Waals surface area contributed by atoms with Gasteiger partial charge in [-0.25, -0.2) is 14.8 Å². The third-order valence-corrected chi connectivity index (χ3v) is 5.72. The molecule has 9 nitrogen and oxygen atoms in total. The molecule has 3 aromatic heterocycles.